The molecule has 1 atom stereocenters. The summed E-state index contributed by atoms with van der Waals surface area (Å²) in [6.45, 7) is 3.55. The van der Waals surface area contributed by atoms with Crippen LogP contribution in [0.25, 0.3) is 0 Å². The molecule has 1 aromatic heterocycles. The van der Waals surface area contributed by atoms with Crippen molar-refractivity contribution in [3.8, 4) is 17.6 Å². The molecule has 200 valence electrons. The lowest BCUT2D eigenvalue weighted by atomic mass is 9.85. The van der Waals surface area contributed by atoms with Gasteiger partial charge in [0.25, 0.3) is 5.91 Å². The van der Waals surface area contributed by atoms with Crippen molar-refractivity contribution in [1.29, 1.82) is 5.26 Å². The predicted molar refractivity (Wildman–Crippen MR) is 150 cm³/mol. The Kier molecular flexibility index (Phi) is 8.63. The van der Waals surface area contributed by atoms with Crippen molar-refractivity contribution in [2.24, 2.45) is 0 Å². The molecule has 9 nitrogen and oxygen atoms in total. The van der Waals surface area contributed by atoms with Crippen molar-refractivity contribution >= 4 is 35.0 Å². The Morgan fingerprint density at radius 1 is 1.03 bits per heavy atom. The number of methoxy groups -OCH3 is 2. The molecule has 4 rings (SSSR count). The van der Waals surface area contributed by atoms with Crippen molar-refractivity contribution in [3.63, 3.8) is 0 Å². The van der Waals surface area contributed by atoms with E-state index in [0.29, 0.717) is 50.7 Å². The zero-order chi connectivity index (χ0) is 27.9. The number of aryl methyl sites for hydroxylation is 1. The van der Waals surface area contributed by atoms with Crippen LogP contribution in [0.5, 0.6) is 11.5 Å². The second kappa shape index (κ2) is 12.3. The summed E-state index contributed by atoms with van der Waals surface area (Å²) in [6.07, 6.45) is 0. The largest absolute Gasteiger partial charge is 0.497 e. The van der Waals surface area contributed by atoms with E-state index in [4.69, 9.17) is 13.9 Å². The number of nitrogens with one attached hydrogen (secondary N) is 3. The molecule has 0 fully saturated rings. The lowest BCUT2D eigenvalue weighted by Crippen LogP contribution is -2.31. The van der Waals surface area contributed by atoms with Crippen molar-refractivity contribution in [2.75, 3.05) is 30.6 Å². The van der Waals surface area contributed by atoms with E-state index in [1.807, 2.05) is 0 Å². The van der Waals surface area contributed by atoms with Gasteiger partial charge in [0.1, 0.15) is 23.0 Å². The first-order valence-corrected chi connectivity index (χ1v) is 13.0. The van der Waals surface area contributed by atoms with Gasteiger partial charge in [-0.2, -0.15) is 5.26 Å². The molecule has 0 bridgehead atoms. The number of allylic oxidation sites excluding steroid dienone is 2. The van der Waals surface area contributed by atoms with Crippen LogP contribution in [-0.4, -0.2) is 31.8 Å². The van der Waals surface area contributed by atoms with Crippen LogP contribution in [0.3, 0.4) is 0 Å². The molecule has 10 heteroatoms. The zero-order valence-corrected chi connectivity index (χ0v) is 22.8. The lowest BCUT2D eigenvalue weighted by molar-refractivity contribution is -0.114. The number of anilines is 2. The molecule has 1 aliphatic rings. The highest BCUT2D eigenvalue weighted by atomic mass is 32.2. The fraction of sp³-hybridized carbons (Fsp3) is 0.207. The summed E-state index contributed by atoms with van der Waals surface area (Å²) in [5.74, 6) is 0.914. The molecule has 0 aliphatic carbocycles. The van der Waals surface area contributed by atoms with Gasteiger partial charge in [0.2, 0.25) is 5.91 Å². The van der Waals surface area contributed by atoms with Gasteiger partial charge < -0.3 is 29.8 Å². The SMILES string of the molecule is COc1ccc(NC(=O)CSC2=C(C#N)C(c3ccc(C)o3)C(C(=O)Nc3ccccc3OC)=C(C)N2)cc1. The van der Waals surface area contributed by atoms with E-state index in [9.17, 15) is 14.9 Å². The van der Waals surface area contributed by atoms with Crippen molar-refractivity contribution in [2.45, 2.75) is 19.8 Å². The molecule has 0 saturated heterocycles. The third-order valence-corrected chi connectivity index (χ3v) is 7.03. The minimum Gasteiger partial charge on any atom is -0.497 e. The quantitative estimate of drug-likeness (QED) is 0.331. The molecular weight excluding hydrogens is 516 g/mol. The highest BCUT2D eigenvalue weighted by Crippen LogP contribution is 2.42. The van der Waals surface area contributed by atoms with Crippen LogP contribution >= 0.6 is 11.8 Å². The lowest BCUT2D eigenvalue weighted by Gasteiger charge is -2.28. The number of amides is 2. The second-order valence-corrected chi connectivity index (χ2v) is 9.61. The highest BCUT2D eigenvalue weighted by molar-refractivity contribution is 8.03. The zero-order valence-electron chi connectivity index (χ0n) is 22.0. The predicted octanol–water partition coefficient (Wildman–Crippen LogP) is 5.31. The van der Waals surface area contributed by atoms with E-state index in [1.165, 1.54) is 18.9 Å². The fourth-order valence-corrected chi connectivity index (χ4v) is 5.06. The molecule has 1 unspecified atom stereocenters. The molecule has 3 N–H and O–H groups in total. The normalized spacial score (nSPS) is 14.8. The number of nitrogens with zero attached hydrogens (tertiary/aromatic N) is 1. The number of hydrogen-bond acceptors (Lipinski definition) is 8. The number of carbonyl (C=O) groups is 2. The summed E-state index contributed by atoms with van der Waals surface area (Å²) in [5.41, 5.74) is 2.28. The number of hydrogen-bond donors (Lipinski definition) is 3. The number of thioether (sulfide) groups is 1. The first-order valence-electron chi connectivity index (χ1n) is 12.0. The third-order valence-electron chi connectivity index (χ3n) is 6.01. The van der Waals surface area contributed by atoms with Gasteiger partial charge in [-0.3, -0.25) is 9.59 Å². The van der Waals surface area contributed by atoms with E-state index in [1.54, 1.807) is 81.6 Å². The second-order valence-electron chi connectivity index (χ2n) is 8.62. The number of nitriles is 1. The molecule has 0 radical (unpaired) electrons. The Morgan fingerprint density at radius 2 is 1.77 bits per heavy atom. The van der Waals surface area contributed by atoms with Crippen molar-refractivity contribution in [1.82, 2.24) is 5.32 Å². The van der Waals surface area contributed by atoms with Gasteiger partial charge in [-0.1, -0.05) is 23.9 Å². The molecule has 1 aliphatic heterocycles. The summed E-state index contributed by atoms with van der Waals surface area (Å²) in [7, 11) is 3.10. The van der Waals surface area contributed by atoms with E-state index in [-0.39, 0.29) is 17.2 Å². The topological polar surface area (TPSA) is 126 Å². The van der Waals surface area contributed by atoms with Crippen LogP contribution in [0.2, 0.25) is 0 Å². The summed E-state index contributed by atoms with van der Waals surface area (Å²) in [4.78, 5) is 26.3. The minimum atomic E-state index is -0.771. The van der Waals surface area contributed by atoms with Crippen LogP contribution in [0, 0.1) is 18.3 Å². The van der Waals surface area contributed by atoms with Crippen LogP contribution in [-0.2, 0) is 9.59 Å². The highest BCUT2D eigenvalue weighted by Gasteiger charge is 2.37. The maximum absolute atomic E-state index is 13.6. The molecule has 2 aromatic carbocycles. The summed E-state index contributed by atoms with van der Waals surface area (Å²) in [6, 6.07) is 19.9. The molecular formula is C29H28N4O5S. The molecule has 2 amide bonds. The van der Waals surface area contributed by atoms with Crippen molar-refractivity contribution in [3.05, 3.63) is 94.1 Å². The number of furan rings is 1. The van der Waals surface area contributed by atoms with Gasteiger partial charge >= 0.3 is 0 Å². The number of benzene rings is 2. The van der Waals surface area contributed by atoms with Gasteiger partial charge in [0, 0.05) is 11.4 Å². The molecule has 0 spiro atoms. The molecule has 39 heavy (non-hydrogen) atoms. The monoisotopic (exact) mass is 544 g/mol. The number of dihydropyridines is 1. The molecule has 3 aromatic rings. The first kappa shape index (κ1) is 27.4. The Labute approximate surface area is 230 Å². The Balaban J connectivity index is 1.59. The van der Waals surface area contributed by atoms with E-state index in [0.717, 1.165) is 0 Å². The summed E-state index contributed by atoms with van der Waals surface area (Å²) < 4.78 is 16.4. The van der Waals surface area contributed by atoms with Crippen LogP contribution in [0.1, 0.15) is 24.4 Å². The van der Waals surface area contributed by atoms with Gasteiger partial charge in [0.05, 0.1) is 53.8 Å². The maximum atomic E-state index is 13.6. The van der Waals surface area contributed by atoms with E-state index >= 15 is 0 Å². The summed E-state index contributed by atoms with van der Waals surface area (Å²) >= 11 is 1.18. The average Bonchev–Trinajstić information content (AvgIpc) is 3.37. The number of carbonyl (C=O) groups excluding carboxylic acids is 2. The summed E-state index contributed by atoms with van der Waals surface area (Å²) in [5, 5.41) is 19.6. The minimum absolute atomic E-state index is 0.0411. The Hall–Kier alpha value is -4.62. The number of ether oxygens (including phenoxy) is 2. The third kappa shape index (κ3) is 6.27. The van der Waals surface area contributed by atoms with Gasteiger partial charge in [0.15, 0.2) is 0 Å². The van der Waals surface area contributed by atoms with Gasteiger partial charge in [-0.15, -0.1) is 0 Å². The number of para-hydroxylation sites is 2. The molecule has 2 heterocycles. The van der Waals surface area contributed by atoms with Crippen LogP contribution in [0.4, 0.5) is 11.4 Å². The standard InChI is InChI=1S/C29H28N4O5S/c1-17-9-14-24(38-17)27-21(15-30)29(39-16-25(34)32-19-10-12-20(36-3)13-11-19)31-18(2)26(27)28(35)33-22-7-5-6-8-23(22)37-4/h5-14,27,31H,16H2,1-4H3,(H,32,34)(H,33,35). The first-order chi connectivity index (χ1) is 18.8. The number of rotatable bonds is 9. The molecule has 0 saturated carbocycles. The van der Waals surface area contributed by atoms with Gasteiger partial charge in [-0.25, -0.2) is 0 Å². The Morgan fingerprint density at radius 3 is 2.41 bits per heavy atom. The van der Waals surface area contributed by atoms with Crippen LogP contribution in [0.15, 0.2) is 87.0 Å². The van der Waals surface area contributed by atoms with E-state index in [2.05, 4.69) is 22.0 Å². The smallest absolute Gasteiger partial charge is 0.254 e. The van der Waals surface area contributed by atoms with Crippen molar-refractivity contribution < 1.29 is 23.5 Å². The van der Waals surface area contributed by atoms with E-state index < -0.39 is 11.8 Å². The average molecular weight is 545 g/mol. The Bertz CT molecular complexity index is 1480. The fourth-order valence-electron chi connectivity index (χ4n) is 4.17. The maximum Gasteiger partial charge on any atom is 0.254 e. The van der Waals surface area contributed by atoms with Crippen LogP contribution < -0.4 is 25.4 Å². The van der Waals surface area contributed by atoms with Gasteiger partial charge in [-0.05, 0) is 62.4 Å².